The van der Waals surface area contributed by atoms with Crippen LogP contribution < -0.4 is 4.74 Å². The summed E-state index contributed by atoms with van der Waals surface area (Å²) in [6.07, 6.45) is 8.89. The van der Waals surface area contributed by atoms with E-state index in [2.05, 4.69) is 37.0 Å². The smallest absolute Gasteiger partial charge is 0.295 e. The fourth-order valence-electron chi connectivity index (χ4n) is 3.60. The first kappa shape index (κ1) is 31.3. The monoisotopic (exact) mass is 511 g/mol. The molecule has 2 aromatic heterocycles. The molecule has 9 nitrogen and oxygen atoms in total. The van der Waals surface area contributed by atoms with Gasteiger partial charge in [0.05, 0.1) is 18.1 Å². The lowest BCUT2D eigenvalue weighted by atomic mass is 10.1. The van der Waals surface area contributed by atoms with Gasteiger partial charge in [-0.25, -0.2) is 4.98 Å². The molecule has 9 heteroatoms. The molecule has 1 aliphatic heterocycles. The van der Waals surface area contributed by atoms with Crippen LogP contribution in [0, 0.1) is 0 Å². The molecule has 1 N–H and O–H groups in total. The molecular weight excluding hydrogens is 470 g/mol. The second-order valence-corrected chi connectivity index (χ2v) is 8.98. The largest absolute Gasteiger partial charge is 0.496 e. The Balaban J connectivity index is 0.000000873. The number of pyridine rings is 1. The van der Waals surface area contributed by atoms with Gasteiger partial charge in [-0.05, 0) is 34.1 Å². The Labute approximate surface area is 220 Å². The summed E-state index contributed by atoms with van der Waals surface area (Å²) in [6.45, 7) is 14.2. The Kier molecular flexibility index (Phi) is 13.0. The first-order valence-corrected chi connectivity index (χ1v) is 12.3. The maximum atomic E-state index is 13.0. The minimum Gasteiger partial charge on any atom is -0.496 e. The standard InChI is InChI=1S/C22H24N4O4.C3H9N.C3H8/c1-5-7-15(6-2)21(28)25-10-11-26(14(3)13-25)22(29)19(27)16-12-24-20-18(16)17(30-4)8-9-23-20;1-4(2)3;1-3-2/h5-9,12,14H,1-2,10-11,13H2,3-4H3,(H,23,24);1-3H3;3H2,1-2H3/b15-7+;;/t14-;;/m1../s1. The molecule has 0 bridgehead atoms. The van der Waals surface area contributed by atoms with Crippen LogP contribution in [0.4, 0.5) is 0 Å². The lowest BCUT2D eigenvalue weighted by Crippen LogP contribution is -2.57. The Hall–Kier alpha value is -3.72. The number of ether oxygens (including phenoxy) is 1. The molecule has 0 aromatic carbocycles. The molecule has 1 saturated heterocycles. The Morgan fingerprint density at radius 3 is 2.32 bits per heavy atom. The number of amides is 2. The van der Waals surface area contributed by atoms with Crippen LogP contribution in [-0.2, 0) is 9.59 Å². The molecule has 0 aliphatic carbocycles. The van der Waals surface area contributed by atoms with Crippen LogP contribution in [0.25, 0.3) is 11.0 Å². The van der Waals surface area contributed by atoms with Crippen LogP contribution in [0.1, 0.15) is 37.6 Å². The summed E-state index contributed by atoms with van der Waals surface area (Å²) < 4.78 is 5.31. The van der Waals surface area contributed by atoms with E-state index in [0.29, 0.717) is 35.4 Å². The summed E-state index contributed by atoms with van der Waals surface area (Å²) in [4.78, 5) is 50.8. The van der Waals surface area contributed by atoms with Crippen LogP contribution in [0.15, 0.2) is 55.4 Å². The van der Waals surface area contributed by atoms with Gasteiger partial charge < -0.3 is 24.4 Å². The summed E-state index contributed by atoms with van der Waals surface area (Å²) in [5.41, 5.74) is 1.12. The highest BCUT2D eigenvalue weighted by Gasteiger charge is 2.34. The van der Waals surface area contributed by atoms with Gasteiger partial charge in [-0.2, -0.15) is 0 Å². The number of rotatable bonds is 6. The highest BCUT2D eigenvalue weighted by Crippen LogP contribution is 2.28. The number of carbonyl (C=O) groups excluding carboxylic acids is 3. The second kappa shape index (κ2) is 15.4. The molecule has 1 fully saturated rings. The molecule has 1 aliphatic rings. The number of methoxy groups -OCH3 is 1. The third kappa shape index (κ3) is 8.42. The van der Waals surface area contributed by atoms with Crippen molar-refractivity contribution in [3.63, 3.8) is 0 Å². The minimum absolute atomic E-state index is 0.178. The van der Waals surface area contributed by atoms with Crippen molar-refractivity contribution in [1.29, 1.82) is 0 Å². The second-order valence-electron chi connectivity index (χ2n) is 8.98. The highest BCUT2D eigenvalue weighted by molar-refractivity contribution is 6.45. The van der Waals surface area contributed by atoms with Crippen molar-refractivity contribution in [2.75, 3.05) is 47.9 Å². The first-order chi connectivity index (χ1) is 17.6. The summed E-state index contributed by atoms with van der Waals surface area (Å²) in [7, 11) is 7.49. The van der Waals surface area contributed by atoms with Crippen molar-refractivity contribution in [3.8, 4) is 5.75 Å². The van der Waals surface area contributed by atoms with Crippen molar-refractivity contribution < 1.29 is 19.1 Å². The van der Waals surface area contributed by atoms with E-state index in [1.165, 1.54) is 36.8 Å². The summed E-state index contributed by atoms with van der Waals surface area (Å²) in [6, 6.07) is 1.32. The molecular formula is C28H41N5O4. The summed E-state index contributed by atoms with van der Waals surface area (Å²) >= 11 is 0. The molecule has 202 valence electrons. The van der Waals surface area contributed by atoms with Crippen molar-refractivity contribution in [1.82, 2.24) is 24.7 Å². The number of aromatic amines is 1. The topological polar surface area (TPSA) is 98.8 Å². The molecule has 3 rings (SSSR count). The van der Waals surface area contributed by atoms with Gasteiger partial charge in [0.15, 0.2) is 0 Å². The molecule has 1 atom stereocenters. The van der Waals surface area contributed by atoms with Gasteiger partial charge in [-0.1, -0.05) is 51.7 Å². The fraction of sp³-hybridized carbons (Fsp3) is 0.429. The van der Waals surface area contributed by atoms with Gasteiger partial charge >= 0.3 is 0 Å². The lowest BCUT2D eigenvalue weighted by molar-refractivity contribution is -0.137. The van der Waals surface area contributed by atoms with Crippen LogP contribution in [0.3, 0.4) is 0 Å². The van der Waals surface area contributed by atoms with Gasteiger partial charge in [0.25, 0.3) is 17.6 Å². The van der Waals surface area contributed by atoms with E-state index in [4.69, 9.17) is 4.74 Å². The van der Waals surface area contributed by atoms with E-state index in [1.54, 1.807) is 23.2 Å². The zero-order valence-electron chi connectivity index (χ0n) is 23.2. The number of hydrogen-bond donors (Lipinski definition) is 1. The number of allylic oxidation sites excluding steroid dienone is 2. The molecule has 0 saturated carbocycles. The minimum atomic E-state index is -0.641. The van der Waals surface area contributed by atoms with E-state index in [0.717, 1.165) is 0 Å². The SMILES string of the molecule is C=C/C=C(\C=C)C(=O)N1CCN(C(=O)C(=O)c2c[nH]c3nccc(OC)c23)[C@H](C)C1.CCC.CN(C)C. The van der Waals surface area contributed by atoms with Crippen molar-refractivity contribution >= 4 is 28.6 Å². The third-order valence-corrected chi connectivity index (χ3v) is 5.13. The van der Waals surface area contributed by atoms with Gasteiger partial charge in [-0.15, -0.1) is 0 Å². The van der Waals surface area contributed by atoms with E-state index in [1.807, 2.05) is 33.0 Å². The van der Waals surface area contributed by atoms with Crippen LogP contribution in [0.5, 0.6) is 5.75 Å². The van der Waals surface area contributed by atoms with E-state index < -0.39 is 11.7 Å². The average molecular weight is 512 g/mol. The molecule has 0 radical (unpaired) electrons. The van der Waals surface area contributed by atoms with Gasteiger partial charge in [0, 0.05) is 43.6 Å². The van der Waals surface area contributed by atoms with E-state index in [9.17, 15) is 14.4 Å². The quantitative estimate of drug-likeness (QED) is 0.275. The normalized spacial score (nSPS) is 15.2. The van der Waals surface area contributed by atoms with E-state index in [-0.39, 0.29) is 24.1 Å². The lowest BCUT2D eigenvalue weighted by Gasteiger charge is -2.39. The number of H-pyrrole nitrogens is 1. The van der Waals surface area contributed by atoms with Gasteiger partial charge in [-0.3, -0.25) is 14.4 Å². The van der Waals surface area contributed by atoms with Gasteiger partial charge in [0.2, 0.25) is 0 Å². The fourth-order valence-corrected chi connectivity index (χ4v) is 3.60. The Bertz CT molecular complexity index is 1120. The Morgan fingerprint density at radius 2 is 1.81 bits per heavy atom. The van der Waals surface area contributed by atoms with Crippen LogP contribution in [0.2, 0.25) is 0 Å². The van der Waals surface area contributed by atoms with Gasteiger partial charge in [0.1, 0.15) is 11.4 Å². The molecule has 0 unspecified atom stereocenters. The molecule has 0 spiro atoms. The van der Waals surface area contributed by atoms with Crippen LogP contribution >= 0.6 is 0 Å². The molecule has 37 heavy (non-hydrogen) atoms. The summed E-state index contributed by atoms with van der Waals surface area (Å²) in [5.74, 6) is -0.973. The maximum absolute atomic E-state index is 13.0. The number of nitrogens with one attached hydrogen (secondary N) is 1. The van der Waals surface area contributed by atoms with Crippen molar-refractivity contribution in [3.05, 3.63) is 61.0 Å². The number of carbonyl (C=O) groups is 3. The summed E-state index contributed by atoms with van der Waals surface area (Å²) in [5, 5.41) is 0.477. The maximum Gasteiger partial charge on any atom is 0.295 e. The number of fused-ring (bicyclic) bond motifs is 1. The number of nitrogens with zero attached hydrogens (tertiary/aromatic N) is 4. The predicted molar refractivity (Wildman–Crippen MR) is 149 cm³/mol. The zero-order valence-corrected chi connectivity index (χ0v) is 23.2. The molecule has 2 amide bonds. The van der Waals surface area contributed by atoms with Crippen LogP contribution in [-0.4, -0.2) is 96.2 Å². The molecule has 2 aromatic rings. The van der Waals surface area contributed by atoms with E-state index >= 15 is 0 Å². The number of aromatic nitrogens is 2. The average Bonchev–Trinajstić information content (AvgIpc) is 3.30. The predicted octanol–water partition coefficient (Wildman–Crippen LogP) is 3.71. The van der Waals surface area contributed by atoms with Crippen molar-refractivity contribution in [2.45, 2.75) is 33.2 Å². The first-order valence-electron chi connectivity index (χ1n) is 12.3. The van der Waals surface area contributed by atoms with Crippen molar-refractivity contribution in [2.24, 2.45) is 0 Å². The number of hydrogen-bond acceptors (Lipinski definition) is 6. The molecule has 3 heterocycles. The Morgan fingerprint density at radius 1 is 1.19 bits per heavy atom. The number of ketones is 1. The highest BCUT2D eigenvalue weighted by atomic mass is 16.5. The zero-order chi connectivity index (χ0) is 28.1. The number of piperazine rings is 1. The number of Topliss-reactive ketones (excluding diaryl/α,β-unsaturated/α-hetero) is 1. The third-order valence-electron chi connectivity index (χ3n) is 5.13.